The van der Waals surface area contributed by atoms with Gasteiger partial charge in [-0.3, -0.25) is 4.68 Å². The van der Waals surface area contributed by atoms with Crippen LogP contribution in [-0.2, 0) is 6.54 Å². The average molecular weight is 223 g/mol. The van der Waals surface area contributed by atoms with Gasteiger partial charge < -0.3 is 5.32 Å². The van der Waals surface area contributed by atoms with Crippen LogP contribution in [0.3, 0.4) is 0 Å². The summed E-state index contributed by atoms with van der Waals surface area (Å²) in [4.78, 5) is 0. The minimum atomic E-state index is 0.448. The SMILES string of the molecule is CC.CC.CC(C)n1cc2c(n1)C=CNC2. The van der Waals surface area contributed by atoms with Crippen LogP contribution in [0, 0.1) is 0 Å². The topological polar surface area (TPSA) is 29.9 Å². The van der Waals surface area contributed by atoms with Crippen molar-refractivity contribution in [2.24, 2.45) is 0 Å². The van der Waals surface area contributed by atoms with E-state index in [1.54, 1.807) is 0 Å². The van der Waals surface area contributed by atoms with Crippen LogP contribution in [0.15, 0.2) is 12.4 Å². The van der Waals surface area contributed by atoms with E-state index < -0.39 is 0 Å². The van der Waals surface area contributed by atoms with E-state index in [1.165, 1.54) is 5.56 Å². The third kappa shape index (κ3) is 3.72. The van der Waals surface area contributed by atoms with Crippen molar-refractivity contribution < 1.29 is 0 Å². The highest BCUT2D eigenvalue weighted by molar-refractivity contribution is 5.50. The molecule has 1 aliphatic rings. The lowest BCUT2D eigenvalue weighted by Gasteiger charge is -2.03. The van der Waals surface area contributed by atoms with E-state index >= 15 is 0 Å². The molecule has 0 spiro atoms. The molecule has 3 heteroatoms. The van der Waals surface area contributed by atoms with Crippen molar-refractivity contribution in [2.75, 3.05) is 0 Å². The van der Waals surface area contributed by atoms with Crippen LogP contribution >= 0.6 is 0 Å². The second kappa shape index (κ2) is 7.97. The van der Waals surface area contributed by atoms with Crippen LogP contribution in [0.4, 0.5) is 0 Å². The summed E-state index contributed by atoms with van der Waals surface area (Å²) in [5.41, 5.74) is 2.38. The van der Waals surface area contributed by atoms with Crippen molar-refractivity contribution >= 4 is 6.08 Å². The number of aromatic nitrogens is 2. The van der Waals surface area contributed by atoms with Crippen molar-refractivity contribution in [1.82, 2.24) is 15.1 Å². The lowest BCUT2D eigenvalue weighted by Crippen LogP contribution is -2.08. The van der Waals surface area contributed by atoms with Gasteiger partial charge in [-0.05, 0) is 26.1 Å². The van der Waals surface area contributed by atoms with Crippen LogP contribution in [0.1, 0.15) is 58.8 Å². The molecule has 0 saturated carbocycles. The molecule has 16 heavy (non-hydrogen) atoms. The first-order valence-electron chi connectivity index (χ1n) is 6.25. The van der Waals surface area contributed by atoms with Gasteiger partial charge in [0.25, 0.3) is 0 Å². The predicted octanol–water partition coefficient (Wildman–Crippen LogP) is 3.59. The maximum absolute atomic E-state index is 4.44. The lowest BCUT2D eigenvalue weighted by molar-refractivity contribution is 0.531. The van der Waals surface area contributed by atoms with Gasteiger partial charge in [0.2, 0.25) is 0 Å². The molecular formula is C13H25N3. The van der Waals surface area contributed by atoms with E-state index in [4.69, 9.17) is 0 Å². The van der Waals surface area contributed by atoms with Crippen molar-refractivity contribution in [3.63, 3.8) is 0 Å². The van der Waals surface area contributed by atoms with E-state index in [0.29, 0.717) is 6.04 Å². The second-order valence-electron chi connectivity index (χ2n) is 3.33. The molecule has 1 aliphatic heterocycles. The van der Waals surface area contributed by atoms with E-state index in [0.717, 1.165) is 12.2 Å². The molecule has 1 aromatic rings. The molecule has 0 bridgehead atoms. The van der Waals surface area contributed by atoms with E-state index in [-0.39, 0.29) is 0 Å². The summed E-state index contributed by atoms with van der Waals surface area (Å²) in [5, 5.41) is 7.60. The Morgan fingerprint density at radius 3 is 2.38 bits per heavy atom. The normalized spacial score (nSPS) is 11.7. The number of nitrogens with one attached hydrogen (secondary N) is 1. The highest BCUT2D eigenvalue weighted by Gasteiger charge is 2.09. The third-order valence-electron chi connectivity index (χ3n) is 2.02. The van der Waals surface area contributed by atoms with Gasteiger partial charge in [0.15, 0.2) is 0 Å². The number of fused-ring (bicyclic) bond motifs is 1. The zero-order valence-electron chi connectivity index (χ0n) is 11.4. The first kappa shape index (κ1) is 14.8. The fourth-order valence-corrected chi connectivity index (χ4v) is 1.29. The van der Waals surface area contributed by atoms with E-state index in [9.17, 15) is 0 Å². The molecule has 2 heterocycles. The molecule has 0 saturated heterocycles. The van der Waals surface area contributed by atoms with Gasteiger partial charge >= 0.3 is 0 Å². The largest absolute Gasteiger partial charge is 0.387 e. The molecular weight excluding hydrogens is 198 g/mol. The number of rotatable bonds is 1. The molecule has 1 aromatic heterocycles. The number of nitrogens with zero attached hydrogens (tertiary/aromatic N) is 2. The molecule has 0 radical (unpaired) electrons. The Kier molecular flexibility index (Phi) is 7.34. The second-order valence-corrected chi connectivity index (χ2v) is 3.33. The van der Waals surface area contributed by atoms with Crippen LogP contribution in [0.2, 0.25) is 0 Å². The summed E-state index contributed by atoms with van der Waals surface area (Å²) >= 11 is 0. The molecule has 0 aliphatic carbocycles. The van der Waals surface area contributed by atoms with Crippen molar-refractivity contribution in [3.8, 4) is 0 Å². The summed E-state index contributed by atoms with van der Waals surface area (Å²) in [5.74, 6) is 0. The molecule has 3 nitrogen and oxygen atoms in total. The van der Waals surface area contributed by atoms with Gasteiger partial charge in [-0.2, -0.15) is 5.10 Å². The van der Waals surface area contributed by atoms with Crippen LogP contribution < -0.4 is 5.32 Å². The summed E-state index contributed by atoms with van der Waals surface area (Å²) in [6.07, 6.45) is 6.06. The quantitative estimate of drug-likeness (QED) is 0.788. The molecule has 2 rings (SSSR count). The summed E-state index contributed by atoms with van der Waals surface area (Å²) < 4.78 is 2.00. The third-order valence-corrected chi connectivity index (χ3v) is 2.02. The minimum Gasteiger partial charge on any atom is -0.387 e. The Hall–Kier alpha value is -1.25. The zero-order valence-corrected chi connectivity index (χ0v) is 11.4. The summed E-state index contributed by atoms with van der Waals surface area (Å²) in [6, 6.07) is 0.448. The highest BCUT2D eigenvalue weighted by atomic mass is 15.3. The Balaban J connectivity index is 0.000000509. The molecule has 0 fully saturated rings. The summed E-state index contributed by atoms with van der Waals surface area (Å²) in [6.45, 7) is 13.2. The molecule has 92 valence electrons. The minimum absolute atomic E-state index is 0.448. The van der Waals surface area contributed by atoms with Gasteiger partial charge in [0.05, 0.1) is 5.69 Å². The van der Waals surface area contributed by atoms with E-state index in [2.05, 4.69) is 30.5 Å². The lowest BCUT2D eigenvalue weighted by atomic mass is 10.2. The van der Waals surface area contributed by atoms with Crippen molar-refractivity contribution in [1.29, 1.82) is 0 Å². The van der Waals surface area contributed by atoms with Crippen molar-refractivity contribution in [2.45, 2.75) is 54.1 Å². The van der Waals surface area contributed by atoms with Gasteiger partial charge in [0, 0.05) is 24.3 Å². The first-order chi connectivity index (χ1) is 7.77. The molecule has 0 unspecified atom stereocenters. The molecule has 0 amide bonds. The maximum Gasteiger partial charge on any atom is 0.0915 e. The predicted molar refractivity (Wildman–Crippen MR) is 71.2 cm³/mol. The van der Waals surface area contributed by atoms with Crippen LogP contribution in [-0.4, -0.2) is 9.78 Å². The van der Waals surface area contributed by atoms with Gasteiger partial charge in [-0.1, -0.05) is 27.7 Å². The standard InChI is InChI=1S/C9H13N3.2C2H6/c1-7(2)12-6-8-5-10-4-3-9(8)11-12;2*1-2/h3-4,6-7,10H,5H2,1-2H3;2*1-2H3. The molecule has 0 aromatic carbocycles. The summed E-state index contributed by atoms with van der Waals surface area (Å²) in [7, 11) is 0. The fraction of sp³-hybridized carbons (Fsp3) is 0.615. The Bertz CT molecular complexity index is 311. The maximum atomic E-state index is 4.44. The number of hydrogen-bond donors (Lipinski definition) is 1. The van der Waals surface area contributed by atoms with Crippen LogP contribution in [0.25, 0.3) is 6.08 Å². The average Bonchev–Trinajstić information content (AvgIpc) is 2.78. The van der Waals surface area contributed by atoms with Gasteiger partial charge in [0.1, 0.15) is 0 Å². The van der Waals surface area contributed by atoms with E-state index in [1.807, 2.05) is 44.7 Å². The smallest absolute Gasteiger partial charge is 0.0915 e. The highest BCUT2D eigenvalue weighted by Crippen LogP contribution is 2.14. The molecule has 1 N–H and O–H groups in total. The zero-order chi connectivity index (χ0) is 12.6. The van der Waals surface area contributed by atoms with Gasteiger partial charge in [-0.25, -0.2) is 0 Å². The van der Waals surface area contributed by atoms with Crippen LogP contribution in [0.5, 0.6) is 0 Å². The van der Waals surface area contributed by atoms with Gasteiger partial charge in [-0.15, -0.1) is 0 Å². The Morgan fingerprint density at radius 2 is 1.88 bits per heavy atom. The number of hydrogen-bond acceptors (Lipinski definition) is 2. The fourth-order valence-electron chi connectivity index (χ4n) is 1.29. The molecule has 0 atom stereocenters. The Morgan fingerprint density at radius 1 is 1.25 bits per heavy atom. The Labute approximate surface area is 99.6 Å². The first-order valence-corrected chi connectivity index (χ1v) is 6.25. The monoisotopic (exact) mass is 223 g/mol. The van der Waals surface area contributed by atoms with Crippen molar-refractivity contribution in [3.05, 3.63) is 23.7 Å².